The molecule has 1 saturated heterocycles. The van der Waals surface area contributed by atoms with Crippen molar-refractivity contribution in [2.45, 2.75) is 24.3 Å². The van der Waals surface area contributed by atoms with Crippen molar-refractivity contribution in [1.82, 2.24) is 9.62 Å². The fourth-order valence-corrected chi connectivity index (χ4v) is 4.60. The Morgan fingerprint density at radius 2 is 1.81 bits per heavy atom. The molecule has 26 heavy (non-hydrogen) atoms. The van der Waals surface area contributed by atoms with Gasteiger partial charge in [0.15, 0.2) is 0 Å². The van der Waals surface area contributed by atoms with Crippen molar-refractivity contribution in [1.29, 1.82) is 0 Å². The Hall–Kier alpha value is -2.25. The minimum absolute atomic E-state index is 0.173. The minimum atomic E-state index is -3.59. The lowest BCUT2D eigenvalue weighted by Gasteiger charge is -2.31. The number of halogens is 1. The number of piperidine rings is 1. The van der Waals surface area contributed by atoms with Crippen molar-refractivity contribution < 1.29 is 17.6 Å². The number of sulfonamides is 1. The molecule has 1 aliphatic rings. The van der Waals surface area contributed by atoms with Crippen LogP contribution < -0.4 is 5.32 Å². The molecule has 138 valence electrons. The average Bonchev–Trinajstić information content (AvgIpc) is 2.68. The van der Waals surface area contributed by atoms with Crippen LogP contribution in [0.4, 0.5) is 4.39 Å². The zero-order valence-corrected chi connectivity index (χ0v) is 15.1. The lowest BCUT2D eigenvalue weighted by atomic mass is 9.99. The molecule has 1 N–H and O–H groups in total. The molecule has 1 atom stereocenters. The van der Waals surface area contributed by atoms with E-state index in [1.807, 2.05) is 0 Å². The molecule has 2 aromatic carbocycles. The highest BCUT2D eigenvalue weighted by Gasteiger charge is 2.33. The number of hydrogen-bond donors (Lipinski definition) is 1. The van der Waals surface area contributed by atoms with E-state index in [4.69, 9.17) is 0 Å². The molecule has 1 aliphatic heterocycles. The number of carbonyl (C=O) groups excluding carboxylic acids is 1. The Morgan fingerprint density at radius 3 is 2.50 bits per heavy atom. The fraction of sp³-hybridized carbons (Fsp3) is 0.316. The molecule has 3 rings (SSSR count). The van der Waals surface area contributed by atoms with Crippen LogP contribution in [0.2, 0.25) is 0 Å². The van der Waals surface area contributed by atoms with E-state index in [-0.39, 0.29) is 29.1 Å². The van der Waals surface area contributed by atoms with Crippen LogP contribution in [-0.2, 0) is 21.4 Å². The van der Waals surface area contributed by atoms with E-state index in [9.17, 15) is 17.6 Å². The smallest absolute Gasteiger partial charge is 0.243 e. The van der Waals surface area contributed by atoms with Gasteiger partial charge in [0.1, 0.15) is 5.82 Å². The highest BCUT2D eigenvalue weighted by atomic mass is 32.2. The summed E-state index contributed by atoms with van der Waals surface area (Å²) < 4.78 is 39.8. The highest BCUT2D eigenvalue weighted by molar-refractivity contribution is 7.89. The van der Waals surface area contributed by atoms with Gasteiger partial charge in [0, 0.05) is 19.6 Å². The molecule has 1 heterocycles. The lowest BCUT2D eigenvalue weighted by molar-refractivity contribution is -0.126. The molecule has 2 aromatic rings. The molecule has 5 nitrogen and oxygen atoms in total. The maximum atomic E-state index is 12.9. The monoisotopic (exact) mass is 376 g/mol. The Labute approximate surface area is 152 Å². The van der Waals surface area contributed by atoms with Gasteiger partial charge in [-0.1, -0.05) is 30.3 Å². The normalized spacial score (nSPS) is 18.4. The van der Waals surface area contributed by atoms with Gasteiger partial charge in [-0.15, -0.1) is 0 Å². The number of benzene rings is 2. The largest absolute Gasteiger partial charge is 0.352 e. The van der Waals surface area contributed by atoms with E-state index in [2.05, 4.69) is 5.32 Å². The van der Waals surface area contributed by atoms with Gasteiger partial charge in [-0.25, -0.2) is 12.8 Å². The number of hydrogen-bond acceptors (Lipinski definition) is 3. The Kier molecular flexibility index (Phi) is 5.68. The highest BCUT2D eigenvalue weighted by Crippen LogP contribution is 2.23. The predicted octanol–water partition coefficient (Wildman–Crippen LogP) is 2.54. The van der Waals surface area contributed by atoms with Crippen molar-refractivity contribution in [3.8, 4) is 0 Å². The third-order valence-corrected chi connectivity index (χ3v) is 6.40. The number of rotatable bonds is 5. The van der Waals surface area contributed by atoms with Crippen molar-refractivity contribution in [3.05, 3.63) is 66.0 Å². The number of nitrogens with zero attached hydrogens (tertiary/aromatic N) is 1. The summed E-state index contributed by atoms with van der Waals surface area (Å²) in [7, 11) is -3.59. The predicted molar refractivity (Wildman–Crippen MR) is 96.2 cm³/mol. The quantitative estimate of drug-likeness (QED) is 0.872. The summed E-state index contributed by atoms with van der Waals surface area (Å²) in [6.45, 7) is 0.881. The molecule has 0 aliphatic carbocycles. The standard InChI is InChI=1S/C19H21FN2O3S/c20-17-10-8-15(9-11-17)13-21-19(23)16-5-4-12-22(14-16)26(24,25)18-6-2-1-3-7-18/h1-3,6-11,16H,4-5,12-14H2,(H,21,23)/t16-/m0/s1. The zero-order valence-electron chi connectivity index (χ0n) is 14.3. The summed E-state index contributed by atoms with van der Waals surface area (Å²) in [6.07, 6.45) is 1.29. The second-order valence-electron chi connectivity index (χ2n) is 6.36. The Bertz CT molecular complexity index is 854. The van der Waals surface area contributed by atoms with Crippen molar-refractivity contribution >= 4 is 15.9 Å². The summed E-state index contributed by atoms with van der Waals surface area (Å²) in [6, 6.07) is 14.2. The molecule has 0 saturated carbocycles. The molecule has 7 heteroatoms. The summed E-state index contributed by atoms with van der Waals surface area (Å²) in [5.74, 6) is -0.890. The first-order valence-corrected chi connectivity index (χ1v) is 9.98. The van der Waals surface area contributed by atoms with Gasteiger partial charge in [0.2, 0.25) is 15.9 Å². The lowest BCUT2D eigenvalue weighted by Crippen LogP contribution is -2.45. The van der Waals surface area contributed by atoms with Crippen LogP contribution >= 0.6 is 0 Å². The van der Waals surface area contributed by atoms with Gasteiger partial charge in [-0.05, 0) is 42.7 Å². The molecule has 0 bridgehead atoms. The van der Waals surface area contributed by atoms with Crippen molar-refractivity contribution in [3.63, 3.8) is 0 Å². The van der Waals surface area contributed by atoms with Crippen LogP contribution in [0, 0.1) is 11.7 Å². The SMILES string of the molecule is O=C(NCc1ccc(F)cc1)[C@H]1CCCN(S(=O)(=O)c2ccccc2)C1. The third-order valence-electron chi connectivity index (χ3n) is 4.52. The Balaban J connectivity index is 1.62. The summed E-state index contributed by atoms with van der Waals surface area (Å²) in [4.78, 5) is 12.7. The summed E-state index contributed by atoms with van der Waals surface area (Å²) in [5, 5.41) is 2.82. The van der Waals surface area contributed by atoms with E-state index >= 15 is 0 Å². The van der Waals surface area contributed by atoms with Gasteiger partial charge < -0.3 is 5.32 Å². The van der Waals surface area contributed by atoms with Crippen LogP contribution in [0.1, 0.15) is 18.4 Å². The maximum absolute atomic E-state index is 12.9. The van der Waals surface area contributed by atoms with Crippen molar-refractivity contribution in [2.24, 2.45) is 5.92 Å². The third kappa shape index (κ3) is 4.28. The molecular formula is C19H21FN2O3S. The maximum Gasteiger partial charge on any atom is 0.243 e. The number of carbonyl (C=O) groups is 1. The zero-order chi connectivity index (χ0) is 18.6. The van der Waals surface area contributed by atoms with Crippen LogP contribution in [0.15, 0.2) is 59.5 Å². The van der Waals surface area contributed by atoms with E-state index in [1.54, 1.807) is 42.5 Å². The molecular weight excluding hydrogens is 355 g/mol. The number of nitrogens with one attached hydrogen (secondary N) is 1. The van der Waals surface area contributed by atoms with Crippen molar-refractivity contribution in [2.75, 3.05) is 13.1 Å². The van der Waals surface area contributed by atoms with Gasteiger partial charge >= 0.3 is 0 Å². The van der Waals surface area contributed by atoms with Crippen LogP contribution in [0.5, 0.6) is 0 Å². The van der Waals surface area contributed by atoms with E-state index in [1.165, 1.54) is 16.4 Å². The summed E-state index contributed by atoms with van der Waals surface area (Å²) in [5.41, 5.74) is 0.796. The van der Waals surface area contributed by atoms with Gasteiger partial charge in [-0.2, -0.15) is 4.31 Å². The van der Waals surface area contributed by atoms with Gasteiger partial charge in [0.05, 0.1) is 10.8 Å². The first kappa shape index (κ1) is 18.5. The van der Waals surface area contributed by atoms with Crippen LogP contribution in [-0.4, -0.2) is 31.7 Å². The van der Waals surface area contributed by atoms with E-state index in [0.717, 1.165) is 5.56 Å². The second kappa shape index (κ2) is 7.97. The molecule has 0 aromatic heterocycles. The topological polar surface area (TPSA) is 66.5 Å². The fourth-order valence-electron chi connectivity index (χ4n) is 3.05. The number of amides is 1. The average molecular weight is 376 g/mol. The minimum Gasteiger partial charge on any atom is -0.352 e. The second-order valence-corrected chi connectivity index (χ2v) is 8.30. The first-order valence-electron chi connectivity index (χ1n) is 8.54. The van der Waals surface area contributed by atoms with E-state index < -0.39 is 10.0 Å². The van der Waals surface area contributed by atoms with Gasteiger partial charge in [0.25, 0.3) is 0 Å². The van der Waals surface area contributed by atoms with Crippen LogP contribution in [0.3, 0.4) is 0 Å². The Morgan fingerprint density at radius 1 is 1.12 bits per heavy atom. The molecule has 1 amide bonds. The summed E-state index contributed by atoms with van der Waals surface area (Å²) >= 11 is 0. The van der Waals surface area contributed by atoms with Gasteiger partial charge in [-0.3, -0.25) is 4.79 Å². The molecule has 0 spiro atoms. The first-order chi connectivity index (χ1) is 12.5. The molecule has 0 radical (unpaired) electrons. The molecule has 1 fully saturated rings. The molecule has 0 unspecified atom stereocenters. The van der Waals surface area contributed by atoms with E-state index in [0.29, 0.717) is 25.9 Å². The van der Waals surface area contributed by atoms with Crippen LogP contribution in [0.25, 0.3) is 0 Å².